The van der Waals surface area contributed by atoms with Crippen molar-refractivity contribution in [3.05, 3.63) is 0 Å². The van der Waals surface area contributed by atoms with Crippen molar-refractivity contribution in [3.8, 4) is 0 Å². The van der Waals surface area contributed by atoms with Gasteiger partial charge in [-0.3, -0.25) is 0 Å². The van der Waals surface area contributed by atoms with Crippen LogP contribution in [0.1, 0.15) is 47.0 Å². The number of piperidine rings is 1. The van der Waals surface area contributed by atoms with E-state index in [4.69, 9.17) is 0 Å². The molecule has 0 aromatic heterocycles. The van der Waals surface area contributed by atoms with Crippen LogP contribution in [-0.2, 0) is 10.0 Å². The molecule has 1 aliphatic rings. The Morgan fingerprint density at radius 2 is 1.94 bits per heavy atom. The quantitative estimate of drug-likeness (QED) is 0.818. The van der Waals surface area contributed by atoms with Crippen molar-refractivity contribution < 1.29 is 8.42 Å². The molecule has 1 aliphatic heterocycles. The number of nitrogens with zero attached hydrogens (tertiary/aromatic N) is 1. The van der Waals surface area contributed by atoms with Gasteiger partial charge in [0, 0.05) is 25.2 Å². The summed E-state index contributed by atoms with van der Waals surface area (Å²) >= 11 is 0. The summed E-state index contributed by atoms with van der Waals surface area (Å²) in [4.78, 5) is 0. The minimum absolute atomic E-state index is 0.162. The molecule has 1 fully saturated rings. The van der Waals surface area contributed by atoms with E-state index in [1.54, 1.807) is 11.2 Å². The van der Waals surface area contributed by atoms with Crippen molar-refractivity contribution >= 4 is 10.0 Å². The molecule has 1 heterocycles. The lowest BCUT2D eigenvalue weighted by molar-refractivity contribution is 0.266. The molecule has 4 nitrogen and oxygen atoms in total. The number of rotatable bonds is 5. The highest BCUT2D eigenvalue weighted by Crippen LogP contribution is 2.22. The van der Waals surface area contributed by atoms with Crippen LogP contribution in [0, 0.1) is 0 Å². The van der Waals surface area contributed by atoms with Gasteiger partial charge in [-0.15, -0.1) is 0 Å². The van der Waals surface area contributed by atoms with Crippen LogP contribution in [0.25, 0.3) is 0 Å². The first-order valence-electron chi connectivity index (χ1n) is 6.59. The van der Waals surface area contributed by atoms with Crippen LogP contribution in [0.3, 0.4) is 0 Å². The largest absolute Gasteiger partial charge is 0.313 e. The Morgan fingerprint density at radius 3 is 2.47 bits per heavy atom. The zero-order chi connectivity index (χ0) is 13.1. The molecule has 0 radical (unpaired) electrons. The van der Waals surface area contributed by atoms with Gasteiger partial charge < -0.3 is 5.32 Å². The van der Waals surface area contributed by atoms with Gasteiger partial charge in [0.15, 0.2) is 0 Å². The molecule has 1 rings (SSSR count). The van der Waals surface area contributed by atoms with Gasteiger partial charge in [-0.2, -0.15) is 4.31 Å². The van der Waals surface area contributed by atoms with E-state index in [1.165, 1.54) is 0 Å². The summed E-state index contributed by atoms with van der Waals surface area (Å²) in [7, 11) is -3.14. The molecular weight excluding hydrogens is 236 g/mol. The lowest BCUT2D eigenvalue weighted by Gasteiger charge is -2.34. The highest BCUT2D eigenvalue weighted by molar-refractivity contribution is 7.89. The maximum atomic E-state index is 12.4. The molecule has 0 aromatic carbocycles. The molecule has 0 bridgehead atoms. The van der Waals surface area contributed by atoms with Crippen molar-refractivity contribution in [3.63, 3.8) is 0 Å². The first kappa shape index (κ1) is 14.9. The summed E-state index contributed by atoms with van der Waals surface area (Å²) in [5, 5.41) is 2.86. The van der Waals surface area contributed by atoms with Crippen molar-refractivity contribution in [2.24, 2.45) is 0 Å². The SMILES string of the molecule is CC(C)NCC(C)S(=O)(=O)N1CCCCC1C. The van der Waals surface area contributed by atoms with Gasteiger partial charge in [0.05, 0.1) is 5.25 Å². The van der Waals surface area contributed by atoms with E-state index >= 15 is 0 Å². The molecular formula is C12H26N2O2S. The molecule has 1 N–H and O–H groups in total. The summed E-state index contributed by atoms with van der Waals surface area (Å²) in [5.74, 6) is 0. The zero-order valence-corrected chi connectivity index (χ0v) is 12.3. The van der Waals surface area contributed by atoms with Crippen LogP contribution in [0.15, 0.2) is 0 Å². The van der Waals surface area contributed by atoms with E-state index in [0.717, 1.165) is 19.3 Å². The molecule has 1 saturated heterocycles. The predicted molar refractivity (Wildman–Crippen MR) is 71.5 cm³/mol. The fourth-order valence-electron chi connectivity index (χ4n) is 2.19. The molecule has 0 spiro atoms. The number of hydrogen-bond acceptors (Lipinski definition) is 3. The van der Waals surface area contributed by atoms with Gasteiger partial charge in [0.2, 0.25) is 10.0 Å². The zero-order valence-electron chi connectivity index (χ0n) is 11.4. The Hall–Kier alpha value is -0.130. The van der Waals surface area contributed by atoms with Crippen LogP contribution in [0.2, 0.25) is 0 Å². The lowest BCUT2D eigenvalue weighted by atomic mass is 10.1. The molecule has 0 saturated carbocycles. The topological polar surface area (TPSA) is 49.4 Å². The second-order valence-corrected chi connectivity index (χ2v) is 7.68. The van der Waals surface area contributed by atoms with Gasteiger partial charge in [-0.05, 0) is 26.7 Å². The monoisotopic (exact) mass is 262 g/mol. The second kappa shape index (κ2) is 6.16. The van der Waals surface area contributed by atoms with Crippen molar-refractivity contribution in [1.29, 1.82) is 0 Å². The highest BCUT2D eigenvalue weighted by atomic mass is 32.2. The van der Waals surface area contributed by atoms with E-state index in [9.17, 15) is 8.42 Å². The summed E-state index contributed by atoms with van der Waals surface area (Å²) in [6.45, 7) is 9.09. The van der Waals surface area contributed by atoms with Crippen molar-refractivity contribution in [2.75, 3.05) is 13.1 Å². The maximum absolute atomic E-state index is 12.4. The molecule has 0 aromatic rings. The second-order valence-electron chi connectivity index (χ2n) is 5.37. The summed E-state index contributed by atoms with van der Waals surface area (Å²) in [6, 6.07) is 0.488. The standard InChI is InChI=1S/C12H26N2O2S/c1-10(2)13-9-12(4)17(15,16)14-8-6-5-7-11(14)3/h10-13H,5-9H2,1-4H3. The third kappa shape index (κ3) is 3.93. The predicted octanol–water partition coefficient (Wildman–Crippen LogP) is 1.58. The number of sulfonamides is 1. The Kier molecular flexibility index (Phi) is 5.41. The smallest absolute Gasteiger partial charge is 0.218 e. The van der Waals surface area contributed by atoms with E-state index in [2.05, 4.69) is 5.32 Å². The van der Waals surface area contributed by atoms with E-state index in [0.29, 0.717) is 19.1 Å². The van der Waals surface area contributed by atoms with Crippen LogP contribution in [-0.4, -0.2) is 43.1 Å². The van der Waals surface area contributed by atoms with Crippen LogP contribution < -0.4 is 5.32 Å². The number of hydrogen-bond donors (Lipinski definition) is 1. The maximum Gasteiger partial charge on any atom is 0.218 e. The third-order valence-electron chi connectivity index (χ3n) is 3.39. The van der Waals surface area contributed by atoms with Gasteiger partial charge in [0.25, 0.3) is 0 Å². The normalized spacial score (nSPS) is 25.1. The highest BCUT2D eigenvalue weighted by Gasteiger charge is 2.33. The molecule has 102 valence electrons. The van der Waals surface area contributed by atoms with Gasteiger partial charge in [0.1, 0.15) is 0 Å². The summed E-state index contributed by atoms with van der Waals surface area (Å²) in [5.41, 5.74) is 0. The molecule has 17 heavy (non-hydrogen) atoms. The van der Waals surface area contributed by atoms with E-state index in [1.807, 2.05) is 20.8 Å². The Bertz CT molecular complexity index is 327. The third-order valence-corrected chi connectivity index (χ3v) is 5.77. The minimum atomic E-state index is -3.14. The van der Waals surface area contributed by atoms with Gasteiger partial charge >= 0.3 is 0 Å². The number of nitrogens with one attached hydrogen (secondary N) is 1. The van der Waals surface area contributed by atoms with Crippen LogP contribution in [0.4, 0.5) is 0 Å². The van der Waals surface area contributed by atoms with Crippen molar-refractivity contribution in [1.82, 2.24) is 9.62 Å². The van der Waals surface area contributed by atoms with E-state index in [-0.39, 0.29) is 11.3 Å². The van der Waals surface area contributed by atoms with Gasteiger partial charge in [-0.25, -0.2) is 8.42 Å². The Labute approximate surface area is 106 Å². The summed E-state index contributed by atoms with van der Waals surface area (Å²) < 4.78 is 26.5. The Balaban J connectivity index is 2.65. The molecule has 0 amide bonds. The van der Waals surface area contributed by atoms with E-state index < -0.39 is 10.0 Å². The lowest BCUT2D eigenvalue weighted by Crippen LogP contribution is -2.48. The average Bonchev–Trinajstić information content (AvgIpc) is 2.26. The molecule has 2 atom stereocenters. The minimum Gasteiger partial charge on any atom is -0.313 e. The fraction of sp³-hybridized carbons (Fsp3) is 1.00. The molecule has 2 unspecified atom stereocenters. The fourth-order valence-corrected chi connectivity index (χ4v) is 3.95. The van der Waals surface area contributed by atoms with Crippen LogP contribution >= 0.6 is 0 Å². The van der Waals surface area contributed by atoms with Crippen molar-refractivity contribution in [2.45, 2.75) is 64.3 Å². The Morgan fingerprint density at radius 1 is 1.29 bits per heavy atom. The summed E-state index contributed by atoms with van der Waals surface area (Å²) in [6.07, 6.45) is 3.13. The first-order valence-corrected chi connectivity index (χ1v) is 8.10. The van der Waals surface area contributed by atoms with Gasteiger partial charge in [-0.1, -0.05) is 20.3 Å². The first-order chi connectivity index (χ1) is 7.85. The molecule has 0 aliphatic carbocycles. The molecule has 5 heteroatoms. The van der Waals surface area contributed by atoms with Crippen LogP contribution in [0.5, 0.6) is 0 Å². The average molecular weight is 262 g/mol.